The number of nitrogens with one attached hydrogen (secondary N) is 1. The summed E-state index contributed by atoms with van der Waals surface area (Å²) in [6.07, 6.45) is 9.64. The van der Waals surface area contributed by atoms with Crippen molar-refractivity contribution in [3.63, 3.8) is 0 Å². The summed E-state index contributed by atoms with van der Waals surface area (Å²) in [5.74, 6) is 1.24. The molecule has 0 aromatic carbocycles. The predicted molar refractivity (Wildman–Crippen MR) is 74.3 cm³/mol. The van der Waals surface area contributed by atoms with Crippen LogP contribution in [0.15, 0.2) is 0 Å². The monoisotopic (exact) mass is 255 g/mol. The molecule has 2 N–H and O–H groups in total. The van der Waals surface area contributed by atoms with Crippen LogP contribution in [0.1, 0.15) is 65.2 Å². The summed E-state index contributed by atoms with van der Waals surface area (Å²) >= 11 is 0. The minimum absolute atomic E-state index is 0.0338. The first-order chi connectivity index (χ1) is 8.63. The van der Waals surface area contributed by atoms with Crippen LogP contribution in [0.4, 0.5) is 0 Å². The van der Waals surface area contributed by atoms with Crippen molar-refractivity contribution >= 4 is 5.91 Å². The Morgan fingerprint density at radius 2 is 1.94 bits per heavy atom. The highest BCUT2D eigenvalue weighted by Gasteiger charge is 2.16. The molecule has 0 saturated heterocycles. The minimum atomic E-state index is -0.0906. The molecule has 0 unspecified atom stereocenters. The Bertz CT molecular complexity index is 235. The number of carbonyl (C=O) groups is 1. The molecule has 1 rings (SSSR count). The van der Waals surface area contributed by atoms with Gasteiger partial charge in [-0.3, -0.25) is 4.79 Å². The fourth-order valence-corrected chi connectivity index (χ4v) is 2.73. The Morgan fingerprint density at radius 3 is 2.50 bits per heavy atom. The minimum Gasteiger partial charge on any atom is -0.394 e. The number of aliphatic hydroxyl groups excluding tert-OH is 1. The number of rotatable bonds is 7. The topological polar surface area (TPSA) is 49.3 Å². The molecule has 0 bridgehead atoms. The van der Waals surface area contributed by atoms with Crippen LogP contribution in [-0.4, -0.2) is 23.7 Å². The van der Waals surface area contributed by atoms with Crippen LogP contribution in [0.25, 0.3) is 0 Å². The maximum absolute atomic E-state index is 11.7. The fourth-order valence-electron chi connectivity index (χ4n) is 2.73. The molecule has 3 nitrogen and oxygen atoms in total. The smallest absolute Gasteiger partial charge is 0.220 e. The third-order valence-electron chi connectivity index (χ3n) is 4.09. The number of hydrogen-bond donors (Lipinski definition) is 2. The highest BCUT2D eigenvalue weighted by molar-refractivity contribution is 5.76. The van der Waals surface area contributed by atoms with Crippen LogP contribution < -0.4 is 5.32 Å². The lowest BCUT2D eigenvalue weighted by molar-refractivity contribution is -0.122. The Morgan fingerprint density at radius 1 is 1.28 bits per heavy atom. The maximum atomic E-state index is 11.7. The van der Waals surface area contributed by atoms with E-state index in [1.165, 1.54) is 38.5 Å². The molecule has 1 atom stereocenters. The Balaban J connectivity index is 2.12. The van der Waals surface area contributed by atoms with Crippen LogP contribution in [0.3, 0.4) is 0 Å². The van der Waals surface area contributed by atoms with Crippen molar-refractivity contribution in [1.82, 2.24) is 5.32 Å². The molecule has 1 fully saturated rings. The third kappa shape index (κ3) is 5.85. The van der Waals surface area contributed by atoms with Gasteiger partial charge in [-0.15, -0.1) is 0 Å². The molecule has 0 radical (unpaired) electrons. The van der Waals surface area contributed by atoms with Crippen molar-refractivity contribution in [2.24, 2.45) is 11.8 Å². The SMILES string of the molecule is CC(C)[C@@H](CO)NC(=O)CCCC1CCCCC1. The summed E-state index contributed by atoms with van der Waals surface area (Å²) < 4.78 is 0. The van der Waals surface area contributed by atoms with E-state index >= 15 is 0 Å². The van der Waals surface area contributed by atoms with Gasteiger partial charge in [-0.25, -0.2) is 0 Å². The lowest BCUT2D eigenvalue weighted by Gasteiger charge is -2.22. The summed E-state index contributed by atoms with van der Waals surface area (Å²) in [4.78, 5) is 11.7. The molecule has 0 aromatic heterocycles. The molecule has 106 valence electrons. The van der Waals surface area contributed by atoms with E-state index in [4.69, 9.17) is 5.11 Å². The molecule has 1 saturated carbocycles. The van der Waals surface area contributed by atoms with E-state index < -0.39 is 0 Å². The van der Waals surface area contributed by atoms with E-state index in [-0.39, 0.29) is 24.5 Å². The molecule has 18 heavy (non-hydrogen) atoms. The number of carbonyl (C=O) groups excluding carboxylic acids is 1. The van der Waals surface area contributed by atoms with E-state index in [2.05, 4.69) is 5.32 Å². The van der Waals surface area contributed by atoms with Crippen molar-refractivity contribution in [1.29, 1.82) is 0 Å². The van der Waals surface area contributed by atoms with Crippen molar-refractivity contribution in [2.45, 2.75) is 71.3 Å². The quantitative estimate of drug-likeness (QED) is 0.735. The molecule has 1 aliphatic rings. The van der Waals surface area contributed by atoms with Gasteiger partial charge in [0.25, 0.3) is 0 Å². The maximum Gasteiger partial charge on any atom is 0.220 e. The zero-order valence-corrected chi connectivity index (χ0v) is 12.0. The molecule has 0 aromatic rings. The fraction of sp³-hybridized carbons (Fsp3) is 0.933. The third-order valence-corrected chi connectivity index (χ3v) is 4.09. The molecule has 0 heterocycles. The van der Waals surface area contributed by atoms with Crippen LogP contribution in [0.5, 0.6) is 0 Å². The highest BCUT2D eigenvalue weighted by atomic mass is 16.3. The lowest BCUT2D eigenvalue weighted by Crippen LogP contribution is -2.41. The normalized spacial score (nSPS) is 18.9. The predicted octanol–water partition coefficient (Wildman–Crippen LogP) is 2.87. The highest BCUT2D eigenvalue weighted by Crippen LogP contribution is 2.27. The summed E-state index contributed by atoms with van der Waals surface area (Å²) in [6.45, 7) is 4.07. The molecule has 3 heteroatoms. The van der Waals surface area contributed by atoms with Gasteiger partial charge in [0.1, 0.15) is 0 Å². The zero-order chi connectivity index (χ0) is 13.4. The van der Waals surface area contributed by atoms with Crippen LogP contribution >= 0.6 is 0 Å². The van der Waals surface area contributed by atoms with E-state index in [0.717, 1.165) is 12.3 Å². The van der Waals surface area contributed by atoms with Gasteiger partial charge >= 0.3 is 0 Å². The molecular formula is C15H29NO2. The van der Waals surface area contributed by atoms with Crippen molar-refractivity contribution in [3.8, 4) is 0 Å². The summed E-state index contributed by atoms with van der Waals surface area (Å²) in [5, 5.41) is 12.1. The molecule has 1 amide bonds. The lowest BCUT2D eigenvalue weighted by atomic mass is 9.86. The molecular weight excluding hydrogens is 226 g/mol. The average molecular weight is 255 g/mol. The van der Waals surface area contributed by atoms with Gasteiger partial charge < -0.3 is 10.4 Å². The molecule has 0 spiro atoms. The summed E-state index contributed by atoms with van der Waals surface area (Å²) in [6, 6.07) is -0.0906. The second-order valence-electron chi connectivity index (χ2n) is 6.00. The summed E-state index contributed by atoms with van der Waals surface area (Å²) in [7, 11) is 0. The van der Waals surface area contributed by atoms with Crippen LogP contribution in [0.2, 0.25) is 0 Å². The van der Waals surface area contributed by atoms with E-state index in [1.807, 2.05) is 13.8 Å². The summed E-state index contributed by atoms with van der Waals surface area (Å²) in [5.41, 5.74) is 0. The van der Waals surface area contributed by atoms with E-state index in [9.17, 15) is 4.79 Å². The van der Waals surface area contributed by atoms with Crippen molar-refractivity contribution in [2.75, 3.05) is 6.61 Å². The van der Waals surface area contributed by atoms with Gasteiger partial charge in [0.2, 0.25) is 5.91 Å². The molecule has 1 aliphatic carbocycles. The van der Waals surface area contributed by atoms with Crippen LogP contribution in [0, 0.1) is 11.8 Å². The molecule has 0 aliphatic heterocycles. The largest absolute Gasteiger partial charge is 0.394 e. The Labute approximate surface area is 111 Å². The van der Waals surface area contributed by atoms with Gasteiger partial charge in [0, 0.05) is 6.42 Å². The first-order valence-electron chi connectivity index (χ1n) is 7.53. The van der Waals surface area contributed by atoms with Crippen molar-refractivity contribution in [3.05, 3.63) is 0 Å². The first kappa shape index (κ1) is 15.5. The van der Waals surface area contributed by atoms with E-state index in [1.54, 1.807) is 0 Å². The van der Waals surface area contributed by atoms with Crippen molar-refractivity contribution < 1.29 is 9.90 Å². The number of hydrogen-bond acceptors (Lipinski definition) is 2. The van der Waals surface area contributed by atoms with Gasteiger partial charge in [-0.2, -0.15) is 0 Å². The zero-order valence-electron chi connectivity index (χ0n) is 12.0. The second-order valence-corrected chi connectivity index (χ2v) is 6.00. The average Bonchev–Trinajstić information content (AvgIpc) is 2.37. The van der Waals surface area contributed by atoms with Gasteiger partial charge in [-0.05, 0) is 24.7 Å². The number of aliphatic hydroxyl groups is 1. The van der Waals surface area contributed by atoms with Gasteiger partial charge in [-0.1, -0.05) is 46.0 Å². The van der Waals surface area contributed by atoms with Gasteiger partial charge in [0.15, 0.2) is 0 Å². The van der Waals surface area contributed by atoms with Gasteiger partial charge in [0.05, 0.1) is 12.6 Å². The standard InChI is InChI=1S/C15H29NO2/c1-12(2)14(11-17)16-15(18)10-6-9-13-7-4-3-5-8-13/h12-14,17H,3-11H2,1-2H3,(H,16,18)/t14-/m1/s1. The second kappa shape index (κ2) is 8.52. The Kier molecular flexibility index (Phi) is 7.33. The number of amides is 1. The van der Waals surface area contributed by atoms with Crippen LogP contribution in [-0.2, 0) is 4.79 Å². The van der Waals surface area contributed by atoms with E-state index in [0.29, 0.717) is 6.42 Å². The Hall–Kier alpha value is -0.570. The first-order valence-corrected chi connectivity index (χ1v) is 7.53.